The van der Waals surface area contributed by atoms with Gasteiger partial charge in [-0.15, -0.1) is 0 Å². The first kappa shape index (κ1) is 18.3. The van der Waals surface area contributed by atoms with Crippen molar-refractivity contribution in [3.05, 3.63) is 70.4 Å². The first-order valence-corrected chi connectivity index (χ1v) is 9.97. The first-order valence-electron chi connectivity index (χ1n) is 9.97. The van der Waals surface area contributed by atoms with Gasteiger partial charge in [0.05, 0.1) is 22.7 Å². The molecule has 1 N–H and O–H groups in total. The van der Waals surface area contributed by atoms with Crippen molar-refractivity contribution in [2.45, 2.75) is 45.6 Å². The summed E-state index contributed by atoms with van der Waals surface area (Å²) in [5, 5.41) is 20.0. The number of aromatic carboxylic acids is 1. The maximum absolute atomic E-state index is 11.9. The minimum absolute atomic E-state index is 0.355. The molecular weight excluding hydrogens is 348 g/mol. The predicted octanol–water partition coefficient (Wildman–Crippen LogP) is 5.16. The molecule has 4 rings (SSSR count). The summed E-state index contributed by atoms with van der Waals surface area (Å²) < 4.78 is 2.19. The van der Waals surface area contributed by atoms with Gasteiger partial charge in [-0.1, -0.05) is 44.0 Å². The van der Waals surface area contributed by atoms with Crippen LogP contribution in [0.15, 0.2) is 42.5 Å². The number of para-hydroxylation sites is 1. The van der Waals surface area contributed by atoms with Crippen molar-refractivity contribution in [3.8, 4) is 6.07 Å². The van der Waals surface area contributed by atoms with Crippen LogP contribution in [0.4, 0.5) is 0 Å². The van der Waals surface area contributed by atoms with Crippen molar-refractivity contribution in [2.75, 3.05) is 0 Å². The molecule has 0 radical (unpaired) electrons. The Morgan fingerprint density at radius 2 is 2.07 bits per heavy atom. The van der Waals surface area contributed by atoms with E-state index in [1.807, 2.05) is 24.3 Å². The molecule has 1 unspecified atom stereocenters. The zero-order valence-corrected chi connectivity index (χ0v) is 16.1. The molecule has 3 aromatic rings. The number of nitrogens with zero attached hydrogens (tertiary/aromatic N) is 2. The van der Waals surface area contributed by atoms with Gasteiger partial charge in [0, 0.05) is 17.6 Å². The highest BCUT2D eigenvalue weighted by Crippen LogP contribution is 2.39. The highest BCUT2D eigenvalue weighted by molar-refractivity contribution is 6.04. The van der Waals surface area contributed by atoms with Gasteiger partial charge in [0.15, 0.2) is 0 Å². The molecule has 1 aliphatic carbocycles. The molecule has 142 valence electrons. The van der Waals surface area contributed by atoms with E-state index in [0.717, 1.165) is 29.3 Å². The Labute approximate surface area is 165 Å². The summed E-state index contributed by atoms with van der Waals surface area (Å²) in [5.74, 6) is -0.254. The van der Waals surface area contributed by atoms with Crippen LogP contribution >= 0.6 is 0 Å². The fourth-order valence-corrected chi connectivity index (χ4v) is 4.59. The molecule has 1 heterocycles. The van der Waals surface area contributed by atoms with Crippen molar-refractivity contribution < 1.29 is 9.90 Å². The number of hydrogen-bond donors (Lipinski definition) is 1. The van der Waals surface area contributed by atoms with Crippen LogP contribution < -0.4 is 0 Å². The molecule has 0 saturated carbocycles. The van der Waals surface area contributed by atoms with Crippen LogP contribution in [-0.2, 0) is 19.4 Å². The van der Waals surface area contributed by atoms with Gasteiger partial charge in [-0.25, -0.2) is 4.79 Å². The largest absolute Gasteiger partial charge is 0.478 e. The lowest BCUT2D eigenvalue weighted by Crippen LogP contribution is -2.09. The molecule has 4 nitrogen and oxygen atoms in total. The van der Waals surface area contributed by atoms with E-state index in [4.69, 9.17) is 0 Å². The number of hydrogen-bond acceptors (Lipinski definition) is 2. The molecule has 0 saturated heterocycles. The van der Waals surface area contributed by atoms with Crippen LogP contribution in [0.1, 0.15) is 58.9 Å². The summed E-state index contributed by atoms with van der Waals surface area (Å²) >= 11 is 0. The van der Waals surface area contributed by atoms with E-state index in [1.54, 1.807) is 12.1 Å². The van der Waals surface area contributed by atoms with Crippen LogP contribution in [0.5, 0.6) is 0 Å². The fraction of sp³-hybridized carbons (Fsp3) is 0.333. The number of aromatic nitrogens is 1. The SMILES string of the molecule is CCCCC1Cc2c(n(Cc3cccc(C#N)c3)c3c(C(=O)O)cccc23)C1. The Kier molecular flexibility index (Phi) is 4.92. The third-order valence-corrected chi connectivity index (χ3v) is 5.87. The van der Waals surface area contributed by atoms with Crippen molar-refractivity contribution in [1.82, 2.24) is 4.57 Å². The number of unbranched alkanes of at least 4 members (excludes halogenated alkanes) is 1. The lowest BCUT2D eigenvalue weighted by molar-refractivity contribution is 0.0698. The summed E-state index contributed by atoms with van der Waals surface area (Å²) in [6.45, 7) is 2.81. The van der Waals surface area contributed by atoms with Crippen molar-refractivity contribution in [3.63, 3.8) is 0 Å². The van der Waals surface area contributed by atoms with E-state index in [-0.39, 0.29) is 0 Å². The van der Waals surface area contributed by atoms with E-state index >= 15 is 0 Å². The Morgan fingerprint density at radius 1 is 1.25 bits per heavy atom. The van der Waals surface area contributed by atoms with Gasteiger partial charge in [-0.3, -0.25) is 0 Å². The molecule has 0 amide bonds. The van der Waals surface area contributed by atoms with E-state index < -0.39 is 5.97 Å². The monoisotopic (exact) mass is 372 g/mol. The van der Waals surface area contributed by atoms with Gasteiger partial charge in [-0.05, 0) is 54.5 Å². The van der Waals surface area contributed by atoms with Gasteiger partial charge >= 0.3 is 5.97 Å². The maximum atomic E-state index is 11.9. The van der Waals surface area contributed by atoms with Crippen LogP contribution in [-0.4, -0.2) is 15.6 Å². The molecule has 1 aliphatic rings. The predicted molar refractivity (Wildman–Crippen MR) is 110 cm³/mol. The topological polar surface area (TPSA) is 66.0 Å². The number of fused-ring (bicyclic) bond motifs is 3. The van der Waals surface area contributed by atoms with Gasteiger partial charge in [-0.2, -0.15) is 5.26 Å². The van der Waals surface area contributed by atoms with E-state index in [2.05, 4.69) is 23.6 Å². The third-order valence-electron chi connectivity index (χ3n) is 5.87. The Hall–Kier alpha value is -3.06. The Morgan fingerprint density at radius 3 is 2.82 bits per heavy atom. The lowest BCUT2D eigenvalue weighted by atomic mass is 9.98. The minimum Gasteiger partial charge on any atom is -0.478 e. The quantitative estimate of drug-likeness (QED) is 0.649. The molecule has 0 bridgehead atoms. The second kappa shape index (κ2) is 7.52. The second-order valence-corrected chi connectivity index (χ2v) is 7.75. The van der Waals surface area contributed by atoms with Gasteiger partial charge in [0.1, 0.15) is 0 Å². The Balaban J connectivity index is 1.84. The summed E-state index contributed by atoms with van der Waals surface area (Å²) in [5.41, 5.74) is 5.41. The van der Waals surface area contributed by atoms with Gasteiger partial charge in [0.2, 0.25) is 0 Å². The number of benzene rings is 2. The van der Waals surface area contributed by atoms with Crippen LogP contribution in [0.25, 0.3) is 10.9 Å². The lowest BCUT2D eigenvalue weighted by Gasteiger charge is -2.14. The number of carboxylic acids is 1. The van der Waals surface area contributed by atoms with Gasteiger partial charge in [0.25, 0.3) is 0 Å². The van der Waals surface area contributed by atoms with Crippen LogP contribution in [0.2, 0.25) is 0 Å². The summed E-state index contributed by atoms with van der Waals surface area (Å²) in [6, 6.07) is 15.4. The number of carbonyl (C=O) groups is 1. The van der Waals surface area contributed by atoms with Crippen molar-refractivity contribution in [1.29, 1.82) is 5.26 Å². The van der Waals surface area contributed by atoms with Gasteiger partial charge < -0.3 is 9.67 Å². The van der Waals surface area contributed by atoms with Crippen LogP contribution in [0.3, 0.4) is 0 Å². The van der Waals surface area contributed by atoms with Crippen molar-refractivity contribution >= 4 is 16.9 Å². The summed E-state index contributed by atoms with van der Waals surface area (Å²) in [4.78, 5) is 11.9. The average molecular weight is 372 g/mol. The second-order valence-electron chi connectivity index (χ2n) is 7.75. The number of nitriles is 1. The highest BCUT2D eigenvalue weighted by atomic mass is 16.4. The van der Waals surface area contributed by atoms with E-state index in [0.29, 0.717) is 23.6 Å². The van der Waals surface area contributed by atoms with Crippen LogP contribution in [0, 0.1) is 17.2 Å². The minimum atomic E-state index is -0.892. The smallest absolute Gasteiger partial charge is 0.337 e. The molecule has 0 aliphatic heterocycles. The summed E-state index contributed by atoms with van der Waals surface area (Å²) in [7, 11) is 0. The molecule has 4 heteroatoms. The average Bonchev–Trinajstić information content (AvgIpc) is 3.24. The summed E-state index contributed by atoms with van der Waals surface area (Å²) in [6.07, 6.45) is 5.68. The fourth-order valence-electron chi connectivity index (χ4n) is 4.59. The molecule has 28 heavy (non-hydrogen) atoms. The van der Waals surface area contributed by atoms with E-state index in [1.165, 1.54) is 30.5 Å². The normalized spacial score (nSPS) is 15.5. The number of carboxylic acid groups (broad SMARTS) is 1. The maximum Gasteiger partial charge on any atom is 0.337 e. The highest BCUT2D eigenvalue weighted by Gasteiger charge is 2.29. The molecular formula is C24H24N2O2. The first-order chi connectivity index (χ1) is 13.6. The zero-order chi connectivity index (χ0) is 19.7. The molecule has 0 fully saturated rings. The molecule has 2 aromatic carbocycles. The zero-order valence-electron chi connectivity index (χ0n) is 16.1. The molecule has 0 spiro atoms. The number of rotatable bonds is 6. The third kappa shape index (κ3) is 3.18. The molecule has 1 aromatic heterocycles. The molecule has 1 atom stereocenters. The van der Waals surface area contributed by atoms with E-state index in [9.17, 15) is 15.2 Å². The standard InChI is InChI=1S/C24H24N2O2/c1-2-3-6-16-12-21-19-9-5-10-20(24(27)28)23(19)26(22(21)13-16)15-18-8-4-7-17(11-18)14-25/h4-5,7-11,16H,2-3,6,12-13,15H2,1H3,(H,27,28). The Bertz CT molecular complexity index is 1090. The van der Waals surface area contributed by atoms with Crippen molar-refractivity contribution in [2.24, 2.45) is 5.92 Å².